The van der Waals surface area contributed by atoms with E-state index in [0.29, 0.717) is 0 Å². The van der Waals surface area contributed by atoms with Crippen molar-refractivity contribution in [2.75, 3.05) is 0 Å². The summed E-state index contributed by atoms with van der Waals surface area (Å²) in [6.45, 7) is 1.94. The highest BCUT2D eigenvalue weighted by Gasteiger charge is 2.39. The average Bonchev–Trinajstić information content (AvgIpc) is 1.89. The molecule has 1 heterocycles. The summed E-state index contributed by atoms with van der Waals surface area (Å²) in [5.74, 6) is -1.48. The minimum absolute atomic E-state index is 0.435. The van der Waals surface area contributed by atoms with Gasteiger partial charge in [-0.25, -0.2) is 0 Å². The Morgan fingerprint density at radius 3 is 2.50 bits per heavy atom. The van der Waals surface area contributed by atoms with E-state index in [1.807, 2.05) is 6.92 Å². The zero-order chi connectivity index (χ0) is 7.56. The Bertz CT molecular complexity index is 179. The van der Waals surface area contributed by atoms with Gasteiger partial charge in [0.1, 0.15) is 0 Å². The fourth-order valence-corrected chi connectivity index (χ4v) is 0.694. The predicted octanol–water partition coefficient (Wildman–Crippen LogP) is 0.652. The maximum atomic E-state index is 10.5. The van der Waals surface area contributed by atoms with E-state index in [4.69, 9.17) is 0 Å². The fraction of sp³-hybridized carbons (Fsp3) is 0.429. The van der Waals surface area contributed by atoms with Gasteiger partial charge in [0.25, 0.3) is 0 Å². The van der Waals surface area contributed by atoms with E-state index < -0.39 is 17.9 Å². The fourth-order valence-electron chi connectivity index (χ4n) is 0.694. The smallest absolute Gasteiger partial charge is 0.331 e. The Balaban J connectivity index is 2.48. The van der Waals surface area contributed by atoms with Gasteiger partial charge in [0.2, 0.25) is 0 Å². The van der Waals surface area contributed by atoms with Crippen molar-refractivity contribution in [2.24, 2.45) is 5.92 Å². The normalized spacial score (nSPS) is 19.3. The van der Waals surface area contributed by atoms with Gasteiger partial charge in [0, 0.05) is 0 Å². The summed E-state index contributed by atoms with van der Waals surface area (Å²) in [5.41, 5.74) is 0. The monoisotopic (exact) mass is 140 g/mol. The first-order valence-electron chi connectivity index (χ1n) is 3.18. The third kappa shape index (κ3) is 1.07. The number of allylic oxidation sites excluding steroid dienone is 1. The number of esters is 2. The van der Waals surface area contributed by atoms with Crippen LogP contribution >= 0.6 is 0 Å². The summed E-state index contributed by atoms with van der Waals surface area (Å²) in [6, 6.07) is 0. The van der Waals surface area contributed by atoms with E-state index in [9.17, 15) is 9.59 Å². The van der Waals surface area contributed by atoms with Gasteiger partial charge in [0.15, 0.2) is 5.92 Å². The second-order valence-electron chi connectivity index (χ2n) is 2.05. The van der Waals surface area contributed by atoms with Crippen molar-refractivity contribution in [3.8, 4) is 0 Å². The van der Waals surface area contributed by atoms with E-state index >= 15 is 0 Å². The van der Waals surface area contributed by atoms with Crippen molar-refractivity contribution >= 4 is 11.9 Å². The molecule has 0 unspecified atom stereocenters. The Kier molecular flexibility index (Phi) is 1.85. The quantitative estimate of drug-likeness (QED) is 0.321. The maximum Gasteiger partial charge on any atom is 0.331 e. The molecular formula is C7H8O3. The topological polar surface area (TPSA) is 43.4 Å². The van der Waals surface area contributed by atoms with Crippen LogP contribution in [-0.2, 0) is 14.3 Å². The summed E-state index contributed by atoms with van der Waals surface area (Å²) < 4.78 is 4.12. The highest BCUT2D eigenvalue weighted by Crippen LogP contribution is 2.15. The van der Waals surface area contributed by atoms with Crippen LogP contribution in [0.15, 0.2) is 12.2 Å². The second kappa shape index (κ2) is 2.64. The third-order valence-electron chi connectivity index (χ3n) is 1.27. The van der Waals surface area contributed by atoms with Crippen molar-refractivity contribution in [3.05, 3.63) is 12.2 Å². The van der Waals surface area contributed by atoms with Crippen LogP contribution in [0.4, 0.5) is 0 Å². The molecule has 0 aliphatic carbocycles. The number of carbonyl (C=O) groups excluding carboxylic acids is 2. The molecule has 1 aliphatic heterocycles. The standard InChI is InChI=1S/C7H8O3/c1-2-3-4-5-6(8)10-7(5)9/h3-5H,2H2,1H3. The van der Waals surface area contributed by atoms with E-state index in [0.717, 1.165) is 6.42 Å². The Labute approximate surface area is 58.7 Å². The molecule has 1 saturated heterocycles. The lowest BCUT2D eigenvalue weighted by atomic mass is 10.1. The molecule has 0 spiro atoms. The summed E-state index contributed by atoms with van der Waals surface area (Å²) in [6.07, 6.45) is 4.19. The molecule has 3 nitrogen and oxygen atoms in total. The SMILES string of the molecule is CCC=CC1C(=O)OC1=O. The van der Waals surface area contributed by atoms with Gasteiger partial charge in [-0.15, -0.1) is 0 Å². The number of cyclic esters (lactones) is 2. The lowest BCUT2D eigenvalue weighted by Gasteiger charge is -2.17. The van der Waals surface area contributed by atoms with Gasteiger partial charge in [-0.05, 0) is 6.42 Å². The summed E-state index contributed by atoms with van der Waals surface area (Å²) in [7, 11) is 0. The van der Waals surface area contributed by atoms with E-state index in [1.165, 1.54) is 0 Å². The van der Waals surface area contributed by atoms with Crippen LogP contribution in [0.3, 0.4) is 0 Å². The molecule has 1 aliphatic rings. The minimum Gasteiger partial charge on any atom is -0.391 e. The summed E-state index contributed by atoms with van der Waals surface area (Å²) >= 11 is 0. The van der Waals surface area contributed by atoms with Crippen molar-refractivity contribution in [3.63, 3.8) is 0 Å². The van der Waals surface area contributed by atoms with Crippen molar-refractivity contribution in [2.45, 2.75) is 13.3 Å². The average molecular weight is 140 g/mol. The maximum absolute atomic E-state index is 10.5. The van der Waals surface area contributed by atoms with E-state index in [1.54, 1.807) is 12.2 Å². The number of ether oxygens (including phenoxy) is 1. The first-order chi connectivity index (χ1) is 4.75. The Hall–Kier alpha value is -1.12. The molecular weight excluding hydrogens is 132 g/mol. The number of carbonyl (C=O) groups is 2. The third-order valence-corrected chi connectivity index (χ3v) is 1.27. The lowest BCUT2D eigenvalue weighted by Crippen LogP contribution is -2.39. The molecule has 0 aromatic rings. The zero-order valence-electron chi connectivity index (χ0n) is 5.66. The predicted molar refractivity (Wildman–Crippen MR) is 34.0 cm³/mol. The van der Waals surface area contributed by atoms with Crippen molar-refractivity contribution in [1.29, 1.82) is 0 Å². The van der Waals surface area contributed by atoms with Gasteiger partial charge in [0.05, 0.1) is 0 Å². The van der Waals surface area contributed by atoms with Crippen LogP contribution in [-0.4, -0.2) is 11.9 Å². The molecule has 0 atom stereocenters. The highest BCUT2D eigenvalue weighted by atomic mass is 16.6. The van der Waals surface area contributed by atoms with Gasteiger partial charge >= 0.3 is 11.9 Å². The first kappa shape index (κ1) is 6.99. The number of rotatable bonds is 2. The molecule has 54 valence electrons. The van der Waals surface area contributed by atoms with Gasteiger partial charge in [-0.3, -0.25) is 9.59 Å². The molecule has 1 rings (SSSR count). The van der Waals surface area contributed by atoms with Gasteiger partial charge in [-0.2, -0.15) is 0 Å². The van der Waals surface area contributed by atoms with E-state index in [2.05, 4.69) is 4.74 Å². The van der Waals surface area contributed by atoms with Crippen LogP contribution in [0, 0.1) is 5.92 Å². The van der Waals surface area contributed by atoms with Crippen LogP contribution in [0.2, 0.25) is 0 Å². The summed E-state index contributed by atoms with van der Waals surface area (Å²) in [5, 5.41) is 0. The van der Waals surface area contributed by atoms with Crippen LogP contribution < -0.4 is 0 Å². The van der Waals surface area contributed by atoms with Crippen LogP contribution in [0.5, 0.6) is 0 Å². The van der Waals surface area contributed by atoms with Crippen molar-refractivity contribution in [1.82, 2.24) is 0 Å². The Morgan fingerprint density at radius 2 is 2.10 bits per heavy atom. The van der Waals surface area contributed by atoms with E-state index in [-0.39, 0.29) is 0 Å². The molecule has 0 bridgehead atoms. The largest absolute Gasteiger partial charge is 0.391 e. The first-order valence-corrected chi connectivity index (χ1v) is 3.18. The number of hydrogen-bond donors (Lipinski definition) is 0. The molecule has 0 radical (unpaired) electrons. The molecule has 1 fully saturated rings. The summed E-state index contributed by atoms with van der Waals surface area (Å²) in [4.78, 5) is 20.9. The molecule has 0 saturated carbocycles. The molecule has 0 N–H and O–H groups in total. The molecule has 0 aromatic heterocycles. The van der Waals surface area contributed by atoms with Gasteiger partial charge < -0.3 is 4.74 Å². The van der Waals surface area contributed by atoms with Crippen molar-refractivity contribution < 1.29 is 14.3 Å². The zero-order valence-corrected chi connectivity index (χ0v) is 5.66. The van der Waals surface area contributed by atoms with Crippen LogP contribution in [0.25, 0.3) is 0 Å². The minimum atomic E-state index is -0.611. The molecule has 0 amide bonds. The van der Waals surface area contributed by atoms with Gasteiger partial charge in [-0.1, -0.05) is 19.1 Å². The Morgan fingerprint density at radius 1 is 1.50 bits per heavy atom. The van der Waals surface area contributed by atoms with Crippen LogP contribution in [0.1, 0.15) is 13.3 Å². The second-order valence-corrected chi connectivity index (χ2v) is 2.05. The molecule has 10 heavy (non-hydrogen) atoms. The molecule has 3 heteroatoms. The molecule has 0 aromatic carbocycles. The highest BCUT2D eigenvalue weighted by molar-refractivity contribution is 6.11. The lowest BCUT2D eigenvalue weighted by molar-refractivity contribution is -0.180. The number of hydrogen-bond acceptors (Lipinski definition) is 3.